The van der Waals surface area contributed by atoms with E-state index in [1.54, 1.807) is 17.9 Å². The standard InChI is InChI=1S/C19H17BrFN5O4/c1-10-15(20)16(11-2-3-12(9-22)14(21)8-11)24-18(17(10)26(28)29)25-6-4-13(5-7-25)30-19(23)27/h2-3,8,13H,4-7H2,1H3,(H2,23,27). The zero-order valence-electron chi connectivity index (χ0n) is 15.9. The molecule has 2 heterocycles. The fraction of sp³-hybridized carbons (Fsp3) is 0.316. The zero-order chi connectivity index (χ0) is 22.0. The van der Waals surface area contributed by atoms with Gasteiger partial charge in [0.15, 0.2) is 0 Å². The summed E-state index contributed by atoms with van der Waals surface area (Å²) in [6, 6.07) is 5.80. The molecule has 0 saturated carbocycles. The molecule has 1 saturated heterocycles. The molecule has 9 nitrogen and oxygen atoms in total. The third kappa shape index (κ3) is 4.18. The summed E-state index contributed by atoms with van der Waals surface area (Å²) in [6.45, 7) is 2.32. The average molecular weight is 478 g/mol. The molecular weight excluding hydrogens is 461 g/mol. The van der Waals surface area contributed by atoms with Crippen molar-refractivity contribution < 1.29 is 18.8 Å². The van der Waals surface area contributed by atoms with Crippen molar-refractivity contribution in [3.8, 4) is 17.3 Å². The average Bonchev–Trinajstić information content (AvgIpc) is 2.69. The maximum atomic E-state index is 14.1. The number of nitrogens with two attached hydrogens (primary N) is 1. The Morgan fingerprint density at radius 1 is 1.47 bits per heavy atom. The second-order valence-corrected chi connectivity index (χ2v) is 7.55. The van der Waals surface area contributed by atoms with E-state index in [9.17, 15) is 19.3 Å². The maximum Gasteiger partial charge on any atom is 0.404 e. The van der Waals surface area contributed by atoms with E-state index in [0.29, 0.717) is 47.2 Å². The number of anilines is 1. The van der Waals surface area contributed by atoms with Crippen molar-refractivity contribution in [2.75, 3.05) is 18.0 Å². The van der Waals surface area contributed by atoms with Crippen LogP contribution >= 0.6 is 15.9 Å². The largest absolute Gasteiger partial charge is 0.446 e. The van der Waals surface area contributed by atoms with Crippen LogP contribution in [-0.2, 0) is 4.74 Å². The van der Waals surface area contributed by atoms with E-state index in [0.717, 1.165) is 0 Å². The Bertz CT molecular complexity index is 1060. The van der Waals surface area contributed by atoms with E-state index in [1.165, 1.54) is 18.2 Å². The number of pyridine rings is 1. The smallest absolute Gasteiger partial charge is 0.404 e. The molecule has 156 valence electrons. The minimum Gasteiger partial charge on any atom is -0.446 e. The molecule has 3 rings (SSSR count). The topological polar surface area (TPSA) is 135 Å². The van der Waals surface area contributed by atoms with Gasteiger partial charge in [-0.25, -0.2) is 14.2 Å². The molecule has 0 atom stereocenters. The highest BCUT2D eigenvalue weighted by molar-refractivity contribution is 9.10. The van der Waals surface area contributed by atoms with Gasteiger partial charge in [0.1, 0.15) is 18.0 Å². The number of carbonyl (C=O) groups excluding carboxylic acids is 1. The van der Waals surface area contributed by atoms with E-state index in [2.05, 4.69) is 20.9 Å². The SMILES string of the molecule is Cc1c(Br)c(-c2ccc(C#N)c(F)c2)nc(N2CCC(OC(N)=O)CC2)c1[N+](=O)[O-]. The Morgan fingerprint density at radius 2 is 2.13 bits per heavy atom. The number of rotatable bonds is 4. The van der Waals surface area contributed by atoms with Crippen molar-refractivity contribution in [2.24, 2.45) is 5.73 Å². The van der Waals surface area contributed by atoms with Crippen LogP contribution in [0.25, 0.3) is 11.3 Å². The summed E-state index contributed by atoms with van der Waals surface area (Å²) in [5.74, 6) is -0.552. The Kier molecular flexibility index (Phi) is 6.17. The van der Waals surface area contributed by atoms with Crippen LogP contribution in [0.2, 0.25) is 0 Å². The van der Waals surface area contributed by atoms with Crippen molar-refractivity contribution in [3.63, 3.8) is 0 Å². The van der Waals surface area contributed by atoms with Gasteiger partial charge in [0, 0.05) is 37.1 Å². The van der Waals surface area contributed by atoms with Gasteiger partial charge >= 0.3 is 11.8 Å². The van der Waals surface area contributed by atoms with E-state index >= 15 is 0 Å². The lowest BCUT2D eigenvalue weighted by molar-refractivity contribution is -0.385. The minimum absolute atomic E-state index is 0.106. The highest BCUT2D eigenvalue weighted by atomic mass is 79.9. The van der Waals surface area contributed by atoms with Crippen molar-refractivity contribution in [1.29, 1.82) is 5.26 Å². The maximum absolute atomic E-state index is 14.1. The molecule has 0 radical (unpaired) electrons. The van der Waals surface area contributed by atoms with Crippen LogP contribution in [-0.4, -0.2) is 35.2 Å². The second-order valence-electron chi connectivity index (χ2n) is 6.76. The first kappa shape index (κ1) is 21.4. The van der Waals surface area contributed by atoms with Gasteiger partial charge < -0.3 is 15.4 Å². The van der Waals surface area contributed by atoms with Gasteiger partial charge in [-0.3, -0.25) is 10.1 Å². The molecular formula is C19H17BrFN5O4. The summed E-state index contributed by atoms with van der Waals surface area (Å²) in [7, 11) is 0. The summed E-state index contributed by atoms with van der Waals surface area (Å²) >= 11 is 3.35. The Morgan fingerprint density at radius 3 is 2.67 bits per heavy atom. The molecule has 1 fully saturated rings. The van der Waals surface area contributed by atoms with Crippen molar-refractivity contribution in [3.05, 3.63) is 49.7 Å². The fourth-order valence-electron chi connectivity index (χ4n) is 3.39. The summed E-state index contributed by atoms with van der Waals surface area (Å²) in [5, 5.41) is 20.7. The normalized spacial score (nSPS) is 14.3. The number of ether oxygens (including phenoxy) is 1. The van der Waals surface area contributed by atoms with Gasteiger partial charge in [0.2, 0.25) is 5.82 Å². The Labute approximate surface area is 179 Å². The van der Waals surface area contributed by atoms with Crippen LogP contribution in [0, 0.1) is 34.2 Å². The van der Waals surface area contributed by atoms with Crippen LogP contribution in [0.1, 0.15) is 24.0 Å². The van der Waals surface area contributed by atoms with Gasteiger partial charge in [-0.2, -0.15) is 5.26 Å². The number of nitriles is 1. The zero-order valence-corrected chi connectivity index (χ0v) is 17.5. The number of amides is 1. The summed E-state index contributed by atoms with van der Waals surface area (Å²) in [5.41, 5.74) is 5.84. The first-order valence-electron chi connectivity index (χ1n) is 8.98. The first-order chi connectivity index (χ1) is 14.2. The molecule has 0 bridgehead atoms. The van der Waals surface area contributed by atoms with Gasteiger partial charge in [0.25, 0.3) is 0 Å². The molecule has 2 aromatic rings. The third-order valence-corrected chi connectivity index (χ3v) is 5.86. The monoisotopic (exact) mass is 477 g/mol. The van der Waals surface area contributed by atoms with Crippen LogP contribution < -0.4 is 10.6 Å². The molecule has 1 aliphatic heterocycles. The number of aromatic nitrogens is 1. The Hall–Kier alpha value is -3.26. The van der Waals surface area contributed by atoms with Crippen LogP contribution in [0.5, 0.6) is 0 Å². The van der Waals surface area contributed by atoms with Gasteiger partial charge in [0.05, 0.1) is 20.7 Å². The molecule has 1 aliphatic rings. The number of primary amides is 1. The molecule has 1 aromatic heterocycles. The molecule has 30 heavy (non-hydrogen) atoms. The van der Waals surface area contributed by atoms with Gasteiger partial charge in [-0.15, -0.1) is 0 Å². The molecule has 2 N–H and O–H groups in total. The van der Waals surface area contributed by atoms with E-state index in [1.807, 2.05) is 0 Å². The number of nitrogens with zero attached hydrogens (tertiary/aromatic N) is 4. The highest BCUT2D eigenvalue weighted by Gasteiger charge is 2.31. The summed E-state index contributed by atoms with van der Waals surface area (Å²) in [4.78, 5) is 28.4. The molecule has 0 aliphatic carbocycles. The van der Waals surface area contributed by atoms with Crippen LogP contribution in [0.15, 0.2) is 22.7 Å². The Balaban J connectivity index is 2.05. The quantitative estimate of drug-likeness (QED) is 0.522. The molecule has 1 amide bonds. The predicted molar refractivity (Wildman–Crippen MR) is 109 cm³/mol. The fourth-order valence-corrected chi connectivity index (χ4v) is 3.90. The van der Waals surface area contributed by atoms with Crippen LogP contribution in [0.4, 0.5) is 20.7 Å². The second kappa shape index (κ2) is 8.62. The summed E-state index contributed by atoms with van der Waals surface area (Å²) < 4.78 is 19.5. The molecule has 0 spiro atoms. The van der Waals surface area contributed by atoms with E-state index in [4.69, 9.17) is 15.7 Å². The van der Waals surface area contributed by atoms with Gasteiger partial charge in [-0.05, 0) is 35.0 Å². The lowest BCUT2D eigenvalue weighted by Crippen LogP contribution is -2.39. The van der Waals surface area contributed by atoms with Crippen LogP contribution in [0.3, 0.4) is 0 Å². The number of hydrogen-bond donors (Lipinski definition) is 1. The van der Waals surface area contributed by atoms with E-state index in [-0.39, 0.29) is 23.2 Å². The predicted octanol–water partition coefficient (Wildman–Crippen LogP) is 3.80. The number of halogens is 2. The van der Waals surface area contributed by atoms with Crippen molar-refractivity contribution in [1.82, 2.24) is 4.98 Å². The minimum atomic E-state index is -0.859. The highest BCUT2D eigenvalue weighted by Crippen LogP contribution is 2.41. The molecule has 1 aromatic carbocycles. The number of carbonyl (C=O) groups is 1. The molecule has 0 unspecified atom stereocenters. The lowest BCUT2D eigenvalue weighted by atomic mass is 10.0. The lowest BCUT2D eigenvalue weighted by Gasteiger charge is -2.32. The van der Waals surface area contributed by atoms with Crippen molar-refractivity contribution in [2.45, 2.75) is 25.9 Å². The third-order valence-electron chi connectivity index (χ3n) is 4.89. The number of nitro groups is 1. The van der Waals surface area contributed by atoms with Crippen molar-refractivity contribution >= 4 is 33.5 Å². The number of hydrogen-bond acceptors (Lipinski definition) is 7. The van der Waals surface area contributed by atoms with E-state index < -0.39 is 16.8 Å². The number of piperidine rings is 1. The number of benzene rings is 1. The first-order valence-corrected chi connectivity index (χ1v) is 9.77. The van der Waals surface area contributed by atoms with Gasteiger partial charge in [-0.1, -0.05) is 6.07 Å². The summed E-state index contributed by atoms with van der Waals surface area (Å²) in [6.07, 6.45) is -0.335. The molecule has 11 heteroatoms.